The van der Waals surface area contributed by atoms with Gasteiger partial charge in [-0.3, -0.25) is 10.1 Å². The maximum atomic E-state index is 12.5. The van der Waals surface area contributed by atoms with Crippen LogP contribution in [-0.4, -0.2) is 13.3 Å². The monoisotopic (exact) mass is 388 g/mol. The Labute approximate surface area is 143 Å². The summed E-state index contributed by atoms with van der Waals surface area (Å²) in [5, 5.41) is 19.5. The summed E-state index contributed by atoms with van der Waals surface area (Å²) in [6.07, 6.45) is -3.68. The van der Waals surface area contributed by atoms with E-state index in [9.17, 15) is 31.7 Å². The summed E-state index contributed by atoms with van der Waals surface area (Å²) in [7, 11) is -4.35. The van der Waals surface area contributed by atoms with Crippen molar-refractivity contribution in [3.05, 3.63) is 61.9 Å². The summed E-state index contributed by atoms with van der Waals surface area (Å²) in [5.74, 6) is 0. The van der Waals surface area contributed by atoms with Crippen molar-refractivity contribution in [2.45, 2.75) is 11.1 Å². The molecule has 0 aliphatic heterocycles. The minimum Gasteiger partial charge on any atom is -0.258 e. The standard InChI is InChI=1S/C14H7F3N2O4S2/c15-14(16,17)9-1-4-11(5-2-9)25(22,23)12(8-18)7-10-3-6-13(24-10)19(20)21/h1-7H. The molecule has 0 atom stereocenters. The molecule has 1 aromatic heterocycles. The highest BCUT2D eigenvalue weighted by Crippen LogP contribution is 2.32. The second-order valence-corrected chi connectivity index (χ2v) is 7.59. The molecule has 0 saturated carbocycles. The Hall–Kier alpha value is -2.71. The van der Waals surface area contributed by atoms with Gasteiger partial charge in [-0.1, -0.05) is 11.3 Å². The van der Waals surface area contributed by atoms with Crippen LogP contribution in [0.15, 0.2) is 46.2 Å². The molecular weight excluding hydrogens is 381 g/mol. The minimum atomic E-state index is -4.62. The van der Waals surface area contributed by atoms with Gasteiger partial charge in [0, 0.05) is 10.9 Å². The maximum absolute atomic E-state index is 12.5. The van der Waals surface area contributed by atoms with Crippen LogP contribution in [0.5, 0.6) is 0 Å². The quantitative estimate of drug-likeness (QED) is 0.447. The lowest BCUT2D eigenvalue weighted by atomic mass is 10.2. The summed E-state index contributed by atoms with van der Waals surface area (Å²) in [5.41, 5.74) is -1.03. The van der Waals surface area contributed by atoms with Gasteiger partial charge in [-0.25, -0.2) is 8.42 Å². The van der Waals surface area contributed by atoms with E-state index in [0.717, 1.165) is 24.3 Å². The Morgan fingerprint density at radius 1 is 1.20 bits per heavy atom. The van der Waals surface area contributed by atoms with E-state index < -0.39 is 36.3 Å². The van der Waals surface area contributed by atoms with Crippen molar-refractivity contribution < 1.29 is 26.5 Å². The zero-order valence-corrected chi connectivity index (χ0v) is 13.7. The van der Waals surface area contributed by atoms with Gasteiger partial charge < -0.3 is 0 Å². The van der Waals surface area contributed by atoms with Crippen molar-refractivity contribution >= 4 is 32.3 Å². The van der Waals surface area contributed by atoms with Gasteiger partial charge in [0.05, 0.1) is 15.4 Å². The number of benzene rings is 1. The van der Waals surface area contributed by atoms with Gasteiger partial charge in [-0.2, -0.15) is 18.4 Å². The Morgan fingerprint density at radius 2 is 1.80 bits per heavy atom. The molecule has 0 saturated heterocycles. The predicted molar refractivity (Wildman–Crippen MR) is 83.2 cm³/mol. The number of halogens is 3. The molecule has 130 valence electrons. The third kappa shape index (κ3) is 4.04. The third-order valence-corrected chi connectivity index (χ3v) is 5.62. The van der Waals surface area contributed by atoms with Gasteiger partial charge in [-0.05, 0) is 36.4 Å². The molecule has 0 bridgehead atoms. The van der Waals surface area contributed by atoms with E-state index in [1.807, 2.05) is 0 Å². The number of rotatable bonds is 4. The Bertz CT molecular complexity index is 984. The first-order chi connectivity index (χ1) is 11.6. The van der Waals surface area contributed by atoms with Crippen LogP contribution in [0.3, 0.4) is 0 Å². The van der Waals surface area contributed by atoms with Gasteiger partial charge in [-0.15, -0.1) is 0 Å². The van der Waals surface area contributed by atoms with Crippen LogP contribution in [-0.2, 0) is 16.0 Å². The van der Waals surface area contributed by atoms with E-state index in [1.54, 1.807) is 0 Å². The fourth-order valence-corrected chi connectivity index (χ4v) is 3.76. The first kappa shape index (κ1) is 18.6. The van der Waals surface area contributed by atoms with Crippen molar-refractivity contribution in [1.29, 1.82) is 5.26 Å². The van der Waals surface area contributed by atoms with E-state index in [2.05, 4.69) is 0 Å². The van der Waals surface area contributed by atoms with Crippen LogP contribution in [0.2, 0.25) is 0 Å². The summed E-state index contributed by atoms with van der Waals surface area (Å²) in [4.78, 5) is 8.89. The lowest BCUT2D eigenvalue weighted by Gasteiger charge is -2.07. The second-order valence-electron chi connectivity index (χ2n) is 4.58. The van der Waals surface area contributed by atoms with E-state index in [-0.39, 0.29) is 9.88 Å². The number of nitro groups is 1. The van der Waals surface area contributed by atoms with Gasteiger partial charge in [0.2, 0.25) is 9.84 Å². The van der Waals surface area contributed by atoms with E-state index >= 15 is 0 Å². The van der Waals surface area contributed by atoms with Crippen LogP contribution in [0.4, 0.5) is 18.2 Å². The zero-order chi connectivity index (χ0) is 18.8. The largest absolute Gasteiger partial charge is 0.416 e. The van der Waals surface area contributed by atoms with Gasteiger partial charge in [0.25, 0.3) is 0 Å². The van der Waals surface area contributed by atoms with Crippen LogP contribution in [0.1, 0.15) is 10.4 Å². The molecule has 1 heterocycles. The highest BCUT2D eigenvalue weighted by Gasteiger charge is 2.31. The molecule has 0 N–H and O–H groups in total. The van der Waals surface area contributed by atoms with E-state index in [4.69, 9.17) is 5.26 Å². The molecule has 6 nitrogen and oxygen atoms in total. The first-order valence-corrected chi connectivity index (χ1v) is 8.64. The molecule has 11 heteroatoms. The predicted octanol–water partition coefficient (Wildman–Crippen LogP) is 4.01. The van der Waals surface area contributed by atoms with Crippen molar-refractivity contribution in [2.75, 3.05) is 0 Å². The van der Waals surface area contributed by atoms with Crippen LogP contribution < -0.4 is 0 Å². The van der Waals surface area contributed by atoms with Crippen molar-refractivity contribution in [1.82, 2.24) is 0 Å². The molecule has 0 radical (unpaired) electrons. The number of hydrogen-bond donors (Lipinski definition) is 0. The summed E-state index contributed by atoms with van der Waals surface area (Å²) in [6, 6.07) is 6.57. The molecule has 0 unspecified atom stereocenters. The number of hydrogen-bond acceptors (Lipinski definition) is 6. The Kier molecular flexibility index (Phi) is 4.96. The average Bonchev–Trinajstić information content (AvgIpc) is 3.00. The number of nitrogens with zero attached hydrogens (tertiary/aromatic N) is 2. The van der Waals surface area contributed by atoms with Crippen molar-refractivity contribution in [3.63, 3.8) is 0 Å². The van der Waals surface area contributed by atoms with Crippen LogP contribution in [0, 0.1) is 21.4 Å². The Balaban J connectivity index is 2.43. The maximum Gasteiger partial charge on any atom is 0.416 e. The molecule has 0 aliphatic rings. The number of nitriles is 1. The highest BCUT2D eigenvalue weighted by atomic mass is 32.2. The topological polar surface area (TPSA) is 101 Å². The third-order valence-electron chi connectivity index (χ3n) is 2.96. The number of sulfone groups is 1. The molecule has 2 rings (SSSR count). The lowest BCUT2D eigenvalue weighted by Crippen LogP contribution is -2.07. The summed E-state index contributed by atoms with van der Waals surface area (Å²) in [6.45, 7) is 0. The van der Waals surface area contributed by atoms with Gasteiger partial charge in [0.15, 0.2) is 4.91 Å². The van der Waals surface area contributed by atoms with Gasteiger partial charge >= 0.3 is 11.2 Å². The summed E-state index contributed by atoms with van der Waals surface area (Å²) < 4.78 is 62.3. The molecule has 25 heavy (non-hydrogen) atoms. The molecule has 0 aliphatic carbocycles. The number of allylic oxidation sites excluding steroid dienone is 1. The Morgan fingerprint density at radius 3 is 2.24 bits per heavy atom. The minimum absolute atomic E-state index is 0.152. The number of thiophene rings is 1. The summed E-state index contributed by atoms with van der Waals surface area (Å²) >= 11 is 0.662. The van der Waals surface area contributed by atoms with E-state index in [1.165, 1.54) is 12.1 Å². The van der Waals surface area contributed by atoms with Crippen molar-refractivity contribution in [2.24, 2.45) is 0 Å². The SMILES string of the molecule is N#CC(=Cc1ccc([N+](=O)[O-])s1)S(=O)(=O)c1ccc(C(F)(F)F)cc1. The van der Waals surface area contributed by atoms with Crippen molar-refractivity contribution in [3.8, 4) is 6.07 Å². The van der Waals surface area contributed by atoms with Gasteiger partial charge in [0.1, 0.15) is 6.07 Å². The molecule has 1 aromatic carbocycles. The number of alkyl halides is 3. The molecule has 2 aromatic rings. The molecule has 0 amide bonds. The molecular formula is C14H7F3N2O4S2. The highest BCUT2D eigenvalue weighted by molar-refractivity contribution is 7.95. The first-order valence-electron chi connectivity index (χ1n) is 6.34. The average molecular weight is 388 g/mol. The fourth-order valence-electron chi connectivity index (χ4n) is 1.77. The van der Waals surface area contributed by atoms with E-state index in [0.29, 0.717) is 23.5 Å². The molecule has 0 fully saturated rings. The smallest absolute Gasteiger partial charge is 0.258 e. The normalized spacial score (nSPS) is 12.6. The fraction of sp³-hybridized carbons (Fsp3) is 0.0714. The zero-order valence-electron chi connectivity index (χ0n) is 12.0. The van der Waals surface area contributed by atoms with Crippen LogP contribution >= 0.6 is 11.3 Å². The second kappa shape index (κ2) is 6.66. The van der Waals surface area contributed by atoms with Crippen LogP contribution in [0.25, 0.3) is 6.08 Å². The lowest BCUT2D eigenvalue weighted by molar-refractivity contribution is -0.380. The molecule has 0 spiro atoms.